The number of thiophene rings is 1. The third kappa shape index (κ3) is 3.34. The molecule has 7 rings (SSSR count). The maximum atomic E-state index is 13.2. The number of amides is 1. The quantitative estimate of drug-likeness (QED) is 0.664. The fourth-order valence-electron chi connectivity index (χ4n) is 6.43. The molecule has 5 saturated carbocycles. The van der Waals surface area contributed by atoms with Crippen molar-refractivity contribution in [3.05, 3.63) is 17.5 Å². The Morgan fingerprint density at radius 1 is 1.21 bits per heavy atom. The van der Waals surface area contributed by atoms with Crippen molar-refractivity contribution in [2.24, 2.45) is 17.8 Å². The summed E-state index contributed by atoms with van der Waals surface area (Å²) in [4.78, 5) is 14.3. The van der Waals surface area contributed by atoms with E-state index in [-0.39, 0.29) is 16.7 Å². The summed E-state index contributed by atoms with van der Waals surface area (Å²) in [5.74, 6) is 3.67. The molecule has 1 N–H and O–H groups in total. The van der Waals surface area contributed by atoms with Crippen LogP contribution in [0, 0.1) is 17.8 Å². The van der Waals surface area contributed by atoms with Gasteiger partial charge >= 0.3 is 0 Å². The summed E-state index contributed by atoms with van der Waals surface area (Å²) < 4.78 is 2.27. The van der Waals surface area contributed by atoms with Crippen LogP contribution in [-0.4, -0.2) is 31.5 Å². The van der Waals surface area contributed by atoms with Gasteiger partial charge in [-0.15, -0.1) is 21.5 Å². The second-order valence-corrected chi connectivity index (χ2v) is 12.1. The molecule has 1 amide bonds. The molecule has 29 heavy (non-hydrogen) atoms. The summed E-state index contributed by atoms with van der Waals surface area (Å²) in [6, 6.07) is 4.65. The minimum Gasteiger partial charge on any atom is -0.350 e. The van der Waals surface area contributed by atoms with Crippen molar-refractivity contribution in [1.82, 2.24) is 20.1 Å². The first kappa shape index (κ1) is 18.4. The monoisotopic (exact) mass is 428 g/mol. The van der Waals surface area contributed by atoms with Crippen LogP contribution in [0.4, 0.5) is 0 Å². The van der Waals surface area contributed by atoms with Crippen LogP contribution in [0.3, 0.4) is 0 Å². The zero-order valence-corrected chi connectivity index (χ0v) is 18.5. The van der Waals surface area contributed by atoms with Crippen LogP contribution in [0.1, 0.15) is 64.3 Å². The molecule has 5 fully saturated rings. The Balaban J connectivity index is 1.18. The number of carbonyl (C=O) groups is 1. The predicted octanol–water partition coefficient (Wildman–Crippen LogP) is 4.91. The summed E-state index contributed by atoms with van der Waals surface area (Å²) in [7, 11) is 0. The lowest BCUT2D eigenvalue weighted by atomic mass is 9.53. The summed E-state index contributed by atoms with van der Waals surface area (Å²) in [5, 5.41) is 15.3. The van der Waals surface area contributed by atoms with Crippen molar-refractivity contribution in [1.29, 1.82) is 0 Å². The molecular formula is C22H28N4OS2. The maximum Gasteiger partial charge on any atom is 0.233 e. The van der Waals surface area contributed by atoms with E-state index in [1.807, 2.05) is 6.92 Å². The molecule has 5 aliphatic rings. The Labute approximate surface area is 180 Å². The first-order valence-electron chi connectivity index (χ1n) is 11.1. The highest BCUT2D eigenvalue weighted by Crippen LogP contribution is 2.55. The minimum atomic E-state index is -0.152. The van der Waals surface area contributed by atoms with E-state index >= 15 is 0 Å². The summed E-state index contributed by atoms with van der Waals surface area (Å²) >= 11 is 3.27. The molecule has 2 aromatic heterocycles. The number of carbonyl (C=O) groups excluding carboxylic acids is 1. The average molecular weight is 429 g/mol. The summed E-state index contributed by atoms with van der Waals surface area (Å²) in [5.41, 5.74) is 0.0763. The second kappa shape index (κ2) is 6.84. The highest BCUT2D eigenvalue weighted by molar-refractivity contribution is 8.00. The zero-order chi connectivity index (χ0) is 19.6. The molecule has 2 aromatic rings. The van der Waals surface area contributed by atoms with Gasteiger partial charge < -0.3 is 5.32 Å². The Hall–Kier alpha value is -1.34. The molecule has 7 heteroatoms. The van der Waals surface area contributed by atoms with Crippen molar-refractivity contribution < 1.29 is 4.79 Å². The zero-order valence-electron chi connectivity index (χ0n) is 16.8. The molecule has 5 aliphatic carbocycles. The van der Waals surface area contributed by atoms with Crippen LogP contribution in [0.5, 0.6) is 0 Å². The van der Waals surface area contributed by atoms with E-state index in [4.69, 9.17) is 0 Å². The van der Waals surface area contributed by atoms with Crippen LogP contribution in [0.2, 0.25) is 0 Å². The molecule has 0 aromatic carbocycles. The highest BCUT2D eigenvalue weighted by Gasteiger charge is 2.51. The van der Waals surface area contributed by atoms with Gasteiger partial charge in [0.05, 0.1) is 10.1 Å². The molecule has 1 atom stereocenters. The van der Waals surface area contributed by atoms with Gasteiger partial charge in [-0.05, 0) is 87.5 Å². The number of hydrogen-bond donors (Lipinski definition) is 1. The second-order valence-electron chi connectivity index (χ2n) is 9.83. The van der Waals surface area contributed by atoms with E-state index in [1.54, 1.807) is 23.1 Å². The van der Waals surface area contributed by atoms with Gasteiger partial charge in [-0.1, -0.05) is 17.8 Å². The molecule has 0 spiro atoms. The Kier molecular flexibility index (Phi) is 4.35. The van der Waals surface area contributed by atoms with Gasteiger partial charge in [0.15, 0.2) is 11.0 Å². The third-order valence-corrected chi connectivity index (χ3v) is 9.32. The normalized spacial score (nSPS) is 33.8. The molecule has 0 aliphatic heterocycles. The van der Waals surface area contributed by atoms with E-state index < -0.39 is 0 Å². The SMILES string of the molecule is CC(Sc1nnc(-c2cccs2)n1C1CC1)C(=O)NC12CC3CC(CC(C3)C1)C2. The van der Waals surface area contributed by atoms with Crippen molar-refractivity contribution in [3.8, 4) is 10.7 Å². The first-order valence-corrected chi connectivity index (χ1v) is 12.8. The lowest BCUT2D eigenvalue weighted by Crippen LogP contribution is -2.60. The van der Waals surface area contributed by atoms with E-state index in [9.17, 15) is 4.79 Å². The van der Waals surface area contributed by atoms with Crippen molar-refractivity contribution >= 4 is 29.0 Å². The molecule has 5 nitrogen and oxygen atoms in total. The van der Waals surface area contributed by atoms with Gasteiger partial charge in [-0.25, -0.2) is 0 Å². The molecule has 2 heterocycles. The lowest BCUT2D eigenvalue weighted by Gasteiger charge is -2.57. The van der Waals surface area contributed by atoms with Gasteiger partial charge in [0.25, 0.3) is 0 Å². The topological polar surface area (TPSA) is 59.8 Å². The van der Waals surface area contributed by atoms with E-state index in [2.05, 4.69) is 37.6 Å². The fraction of sp³-hybridized carbons (Fsp3) is 0.682. The molecule has 154 valence electrons. The Morgan fingerprint density at radius 3 is 2.48 bits per heavy atom. The number of thioether (sulfide) groups is 1. The van der Waals surface area contributed by atoms with Gasteiger partial charge in [0.1, 0.15) is 0 Å². The fourth-order valence-corrected chi connectivity index (χ4v) is 8.06. The van der Waals surface area contributed by atoms with Crippen LogP contribution in [0.25, 0.3) is 10.7 Å². The van der Waals surface area contributed by atoms with E-state index in [1.165, 1.54) is 51.4 Å². The Morgan fingerprint density at radius 2 is 1.90 bits per heavy atom. The largest absolute Gasteiger partial charge is 0.350 e. The van der Waals surface area contributed by atoms with Crippen LogP contribution in [-0.2, 0) is 4.79 Å². The Bertz CT molecular complexity index is 882. The number of rotatable bonds is 6. The smallest absolute Gasteiger partial charge is 0.233 e. The number of nitrogens with zero attached hydrogens (tertiary/aromatic N) is 3. The molecular weight excluding hydrogens is 400 g/mol. The van der Waals surface area contributed by atoms with Crippen molar-refractivity contribution in [3.63, 3.8) is 0 Å². The van der Waals surface area contributed by atoms with Gasteiger partial charge in [0.2, 0.25) is 5.91 Å². The minimum absolute atomic E-state index is 0.0763. The third-order valence-electron chi connectivity index (χ3n) is 7.40. The van der Waals surface area contributed by atoms with Crippen molar-refractivity contribution in [2.75, 3.05) is 0 Å². The van der Waals surface area contributed by atoms with Gasteiger partial charge in [-0.3, -0.25) is 9.36 Å². The molecule has 0 radical (unpaired) electrons. The molecule has 0 saturated heterocycles. The predicted molar refractivity (Wildman–Crippen MR) is 116 cm³/mol. The maximum absolute atomic E-state index is 13.2. The number of nitrogens with one attached hydrogen (secondary N) is 1. The van der Waals surface area contributed by atoms with Crippen LogP contribution >= 0.6 is 23.1 Å². The lowest BCUT2D eigenvalue weighted by molar-refractivity contribution is -0.126. The average Bonchev–Trinajstić information content (AvgIpc) is 3.19. The number of aromatic nitrogens is 3. The van der Waals surface area contributed by atoms with Gasteiger partial charge in [0, 0.05) is 11.6 Å². The van der Waals surface area contributed by atoms with Crippen LogP contribution < -0.4 is 5.32 Å². The number of hydrogen-bond acceptors (Lipinski definition) is 5. The first-order chi connectivity index (χ1) is 14.1. The molecule has 4 bridgehead atoms. The molecule has 1 unspecified atom stereocenters. The van der Waals surface area contributed by atoms with E-state index in [0.29, 0.717) is 6.04 Å². The van der Waals surface area contributed by atoms with Crippen LogP contribution in [0.15, 0.2) is 22.7 Å². The summed E-state index contributed by atoms with van der Waals surface area (Å²) in [6.45, 7) is 2.03. The van der Waals surface area contributed by atoms with Crippen molar-refractivity contribution in [2.45, 2.75) is 80.3 Å². The standard InChI is InChI=1S/C22H28N4OS2/c1-13(20(27)23-22-10-14-7-15(11-22)9-16(8-14)12-22)29-21-25-24-19(18-3-2-6-28-18)26(21)17-4-5-17/h2-3,6,13-17H,4-5,7-12H2,1H3,(H,23,27). The highest BCUT2D eigenvalue weighted by atomic mass is 32.2. The summed E-state index contributed by atoms with van der Waals surface area (Å²) in [6.07, 6.45) is 10.1. The van der Waals surface area contributed by atoms with E-state index in [0.717, 1.165) is 33.6 Å². The van der Waals surface area contributed by atoms with Gasteiger partial charge in [-0.2, -0.15) is 0 Å².